The molecule has 0 fully saturated rings. The number of carbonyl (C=O) groups excluding carboxylic acids is 1. The summed E-state index contributed by atoms with van der Waals surface area (Å²) in [4.78, 5) is 16.6. The lowest BCUT2D eigenvalue weighted by atomic mass is 9.98. The molecule has 0 heterocycles. The fourth-order valence-corrected chi connectivity index (χ4v) is 4.08. The molecule has 2 aromatic carbocycles. The van der Waals surface area contributed by atoms with E-state index in [4.69, 9.17) is 11.6 Å². The number of carbonyl (C=O) groups is 1. The Labute approximate surface area is 182 Å². The molecule has 2 aromatic rings. The quantitative estimate of drug-likeness (QED) is 0.340. The monoisotopic (exact) mass is 490 g/mol. The number of hydrogen-bond acceptors (Lipinski definition) is 3. The number of benzene rings is 2. The first-order chi connectivity index (χ1) is 13.7. The Morgan fingerprint density at radius 1 is 1.00 bits per heavy atom. The predicted octanol–water partition coefficient (Wildman–Crippen LogP) is 5.11. The van der Waals surface area contributed by atoms with Crippen LogP contribution in [-0.4, -0.2) is 25.7 Å². The lowest BCUT2D eigenvalue weighted by Crippen LogP contribution is -2.16. The minimum absolute atomic E-state index is 0.00636. The molecule has 148 valence electrons. The Bertz CT molecular complexity index is 1200. The fraction of sp³-hybridized carbons (Fsp3) is 0.0952. The molecule has 0 saturated carbocycles. The molecule has 5 nitrogen and oxygen atoms in total. The zero-order valence-electron chi connectivity index (χ0n) is 15.6. The second-order valence-corrected chi connectivity index (χ2v) is 9.14. The highest BCUT2D eigenvalue weighted by atomic mass is 79.9. The van der Waals surface area contributed by atoms with Gasteiger partial charge in [0.2, 0.25) is 0 Å². The van der Waals surface area contributed by atoms with Gasteiger partial charge in [-0.25, -0.2) is 4.99 Å². The van der Waals surface area contributed by atoms with E-state index in [2.05, 4.69) is 25.3 Å². The van der Waals surface area contributed by atoms with Gasteiger partial charge in [0.15, 0.2) is 11.6 Å². The molecule has 0 bridgehead atoms. The van der Waals surface area contributed by atoms with Crippen LogP contribution in [0.2, 0.25) is 5.02 Å². The minimum Gasteiger partial charge on any atom is -0.289 e. The molecular formula is C21H16BrClN2O3S. The van der Waals surface area contributed by atoms with Crippen LogP contribution in [0.1, 0.15) is 19.4 Å². The molecule has 0 saturated heterocycles. The van der Waals surface area contributed by atoms with Crippen LogP contribution in [-0.2, 0) is 14.8 Å². The van der Waals surface area contributed by atoms with E-state index >= 15 is 0 Å². The highest BCUT2D eigenvalue weighted by Gasteiger charge is 2.22. The van der Waals surface area contributed by atoms with Crippen LogP contribution in [0.5, 0.6) is 0 Å². The largest absolute Gasteiger partial charge is 0.289 e. The Hall–Kier alpha value is -2.35. The van der Waals surface area contributed by atoms with Crippen molar-refractivity contribution in [2.45, 2.75) is 18.7 Å². The van der Waals surface area contributed by atoms with Crippen molar-refractivity contribution in [3.05, 3.63) is 86.9 Å². The lowest BCUT2D eigenvalue weighted by Gasteiger charge is -2.13. The number of hydrogen-bond donors (Lipinski definition) is 0. The number of sulfonamides is 1. The van der Waals surface area contributed by atoms with Gasteiger partial charge in [0, 0.05) is 16.2 Å². The third-order valence-electron chi connectivity index (χ3n) is 4.18. The Kier molecular flexibility index (Phi) is 6.31. The maximum absolute atomic E-state index is 12.8. The number of Topliss-reactive ketones (excluding diaryl/α,β-unsaturated/α-hetero) is 1. The molecule has 0 unspecified atom stereocenters. The topological polar surface area (TPSA) is 75.9 Å². The summed E-state index contributed by atoms with van der Waals surface area (Å²) in [6.45, 7) is 3.37. The van der Waals surface area contributed by atoms with Crippen molar-refractivity contribution in [1.82, 2.24) is 0 Å². The molecule has 0 aromatic heterocycles. The molecule has 0 atom stereocenters. The van der Waals surface area contributed by atoms with Crippen LogP contribution >= 0.6 is 27.5 Å². The maximum atomic E-state index is 12.8. The van der Waals surface area contributed by atoms with E-state index in [1.165, 1.54) is 24.3 Å². The molecule has 3 rings (SSSR count). The zero-order valence-corrected chi connectivity index (χ0v) is 18.7. The van der Waals surface area contributed by atoms with Gasteiger partial charge >= 0.3 is 0 Å². The smallest absolute Gasteiger partial charge is 0.284 e. The third-order valence-corrected chi connectivity index (χ3v) is 6.72. The van der Waals surface area contributed by atoms with Crippen LogP contribution in [0.3, 0.4) is 0 Å². The molecule has 0 aliphatic heterocycles. The van der Waals surface area contributed by atoms with Crippen molar-refractivity contribution >= 4 is 54.9 Å². The van der Waals surface area contributed by atoms with Gasteiger partial charge in [0.05, 0.1) is 15.1 Å². The van der Waals surface area contributed by atoms with Crippen molar-refractivity contribution in [1.29, 1.82) is 0 Å². The van der Waals surface area contributed by atoms with Gasteiger partial charge in [-0.3, -0.25) is 4.79 Å². The summed E-state index contributed by atoms with van der Waals surface area (Å²) >= 11 is 9.24. The van der Waals surface area contributed by atoms with Gasteiger partial charge in [0.25, 0.3) is 10.0 Å². The average molecular weight is 492 g/mol. The molecular weight excluding hydrogens is 476 g/mol. The van der Waals surface area contributed by atoms with Crippen LogP contribution in [0.25, 0.3) is 0 Å². The van der Waals surface area contributed by atoms with Crippen molar-refractivity contribution in [3.63, 3.8) is 0 Å². The Balaban J connectivity index is 2.18. The van der Waals surface area contributed by atoms with Crippen LogP contribution < -0.4 is 0 Å². The van der Waals surface area contributed by atoms with Crippen molar-refractivity contribution < 1.29 is 13.2 Å². The van der Waals surface area contributed by atoms with Crippen LogP contribution in [0.15, 0.2) is 90.6 Å². The number of amidine groups is 1. The SMILES string of the molecule is CC1=CC(=NC(=NS(=O)(=O)c2ccc(Cl)cc2)c2ccccc2)C(Br)=C(C)C1=O. The number of aliphatic imine (C=N–C) groups is 1. The summed E-state index contributed by atoms with van der Waals surface area (Å²) in [7, 11) is -4.03. The standard InChI is InChI=1S/C21H16BrClN2O3S/c1-13-12-18(19(22)14(2)20(13)26)24-21(15-6-4-3-5-7-15)25-29(27,28)17-10-8-16(23)9-11-17/h3-12H,1-2H3. The third kappa shape index (κ3) is 4.80. The summed E-state index contributed by atoms with van der Waals surface area (Å²) in [5.74, 6) is -0.0819. The minimum atomic E-state index is -4.03. The Morgan fingerprint density at radius 2 is 1.62 bits per heavy atom. The summed E-state index contributed by atoms with van der Waals surface area (Å²) in [6, 6.07) is 14.5. The van der Waals surface area contributed by atoms with E-state index in [0.29, 0.717) is 31.9 Å². The van der Waals surface area contributed by atoms with Gasteiger partial charge < -0.3 is 0 Å². The van der Waals surface area contributed by atoms with Gasteiger partial charge in [-0.15, -0.1) is 4.40 Å². The molecule has 0 radical (unpaired) electrons. The van der Waals surface area contributed by atoms with E-state index in [1.807, 2.05) is 6.07 Å². The van der Waals surface area contributed by atoms with Crippen LogP contribution in [0, 0.1) is 0 Å². The highest BCUT2D eigenvalue weighted by molar-refractivity contribution is 9.12. The Morgan fingerprint density at radius 3 is 2.24 bits per heavy atom. The van der Waals surface area contributed by atoms with E-state index in [1.54, 1.807) is 44.2 Å². The second kappa shape index (κ2) is 8.57. The van der Waals surface area contributed by atoms with E-state index in [-0.39, 0.29) is 16.5 Å². The summed E-state index contributed by atoms with van der Waals surface area (Å²) < 4.78 is 30.2. The van der Waals surface area contributed by atoms with Gasteiger partial charge in [-0.05, 0) is 65.7 Å². The molecule has 8 heteroatoms. The predicted molar refractivity (Wildman–Crippen MR) is 119 cm³/mol. The van der Waals surface area contributed by atoms with Crippen molar-refractivity contribution in [3.8, 4) is 0 Å². The van der Waals surface area contributed by atoms with E-state index in [0.717, 1.165) is 0 Å². The highest BCUT2D eigenvalue weighted by Crippen LogP contribution is 2.25. The first-order valence-electron chi connectivity index (χ1n) is 8.53. The zero-order chi connectivity index (χ0) is 21.2. The summed E-state index contributed by atoms with van der Waals surface area (Å²) in [5, 5.41) is 0.425. The number of allylic oxidation sites excluding steroid dienone is 4. The summed E-state index contributed by atoms with van der Waals surface area (Å²) in [5.41, 5.74) is 1.96. The maximum Gasteiger partial charge on any atom is 0.284 e. The molecule has 0 N–H and O–H groups in total. The number of ketones is 1. The van der Waals surface area contributed by atoms with E-state index < -0.39 is 10.0 Å². The molecule has 1 aliphatic rings. The second-order valence-electron chi connectivity index (χ2n) is 6.30. The molecule has 0 amide bonds. The molecule has 0 spiro atoms. The summed E-state index contributed by atoms with van der Waals surface area (Å²) in [6.07, 6.45) is 1.60. The van der Waals surface area contributed by atoms with Crippen molar-refractivity contribution in [2.75, 3.05) is 0 Å². The van der Waals surface area contributed by atoms with Gasteiger partial charge in [-0.1, -0.05) is 41.9 Å². The van der Waals surface area contributed by atoms with Crippen LogP contribution in [0.4, 0.5) is 0 Å². The first kappa shape index (κ1) is 21.4. The van der Waals surface area contributed by atoms with Crippen molar-refractivity contribution in [2.24, 2.45) is 9.39 Å². The normalized spacial score (nSPS) is 17.0. The fourth-order valence-electron chi connectivity index (χ4n) is 2.61. The van der Waals surface area contributed by atoms with Gasteiger partial charge in [0.1, 0.15) is 0 Å². The molecule has 1 aliphatic carbocycles. The number of rotatable bonds is 3. The van der Waals surface area contributed by atoms with Gasteiger partial charge in [-0.2, -0.15) is 8.42 Å². The number of nitrogens with zero attached hydrogens (tertiary/aromatic N) is 2. The molecule has 29 heavy (non-hydrogen) atoms. The average Bonchev–Trinajstić information content (AvgIpc) is 2.70. The number of halogens is 2. The lowest BCUT2D eigenvalue weighted by molar-refractivity contribution is -0.112. The first-order valence-corrected chi connectivity index (χ1v) is 11.1. The van der Waals surface area contributed by atoms with E-state index in [9.17, 15) is 13.2 Å².